The number of phenols is 1. The molecule has 26 heavy (non-hydrogen) atoms. The van der Waals surface area contributed by atoms with Gasteiger partial charge in [0.15, 0.2) is 12.0 Å². The Balaban J connectivity index is 1.55. The maximum absolute atomic E-state index is 10.7. The molecule has 1 unspecified atom stereocenters. The summed E-state index contributed by atoms with van der Waals surface area (Å²) in [7, 11) is 1.91. The molecule has 1 heterocycles. The van der Waals surface area contributed by atoms with Gasteiger partial charge in [0.25, 0.3) is 0 Å². The van der Waals surface area contributed by atoms with Gasteiger partial charge in [-0.05, 0) is 18.2 Å². The average molecular weight is 352 g/mol. The van der Waals surface area contributed by atoms with E-state index in [1.54, 1.807) is 0 Å². The Hall–Kier alpha value is -2.60. The van der Waals surface area contributed by atoms with Gasteiger partial charge in [-0.1, -0.05) is 49.2 Å². The topological polar surface area (TPSA) is 80.5 Å². The molecule has 0 radical (unpaired) electrons. The highest BCUT2D eigenvalue weighted by atomic mass is 16.3. The van der Waals surface area contributed by atoms with E-state index in [4.69, 9.17) is 0 Å². The van der Waals surface area contributed by atoms with E-state index in [1.165, 1.54) is 0 Å². The quantitative estimate of drug-likeness (QED) is 0.788. The van der Waals surface area contributed by atoms with Crippen LogP contribution in [0.25, 0.3) is 10.8 Å². The number of nitrogens with one attached hydrogen (secondary N) is 1. The van der Waals surface area contributed by atoms with Gasteiger partial charge >= 0.3 is 0 Å². The van der Waals surface area contributed by atoms with Gasteiger partial charge in [0, 0.05) is 24.2 Å². The van der Waals surface area contributed by atoms with Crippen molar-refractivity contribution in [1.82, 2.24) is 10.2 Å². The zero-order valence-electron chi connectivity index (χ0n) is 14.8. The second-order valence-electron chi connectivity index (χ2n) is 7.10. The number of aliphatic hydroxyl groups is 1. The van der Waals surface area contributed by atoms with Crippen molar-refractivity contribution >= 4 is 10.8 Å². The highest BCUT2D eigenvalue weighted by Gasteiger charge is 2.26. The number of rotatable bonds is 3. The molecule has 2 aromatic carbocycles. The van der Waals surface area contributed by atoms with Crippen molar-refractivity contribution in [3.05, 3.63) is 54.0 Å². The highest BCUT2D eigenvalue weighted by molar-refractivity contribution is 5.89. The molecule has 2 aromatic rings. The highest BCUT2D eigenvalue weighted by Crippen LogP contribution is 2.37. The van der Waals surface area contributed by atoms with Crippen LogP contribution in [0.5, 0.6) is 5.75 Å². The minimum absolute atomic E-state index is 0.0213. The first-order chi connectivity index (χ1) is 12.6. The number of azo groups is 1. The first kappa shape index (κ1) is 16.8. The molecule has 6 nitrogen and oxygen atoms in total. The molecular weight excluding hydrogens is 328 g/mol. The lowest BCUT2D eigenvalue weighted by atomic mass is 9.93. The maximum Gasteiger partial charge on any atom is 0.171 e. The largest absolute Gasteiger partial charge is 0.507 e. The summed E-state index contributed by atoms with van der Waals surface area (Å²) in [6.07, 6.45) is 5.12. The van der Waals surface area contributed by atoms with E-state index in [0.717, 1.165) is 42.0 Å². The first-order valence-corrected chi connectivity index (χ1v) is 9.13. The Morgan fingerprint density at radius 1 is 1.12 bits per heavy atom. The van der Waals surface area contributed by atoms with Crippen LogP contribution in [0.15, 0.2) is 58.6 Å². The number of hydrogen-bond donors (Lipinski definition) is 3. The molecule has 0 bridgehead atoms. The van der Waals surface area contributed by atoms with Gasteiger partial charge < -0.3 is 20.4 Å². The molecule has 3 N–H and O–H groups in total. The number of fused-ring (bicyclic) bond motifs is 1. The summed E-state index contributed by atoms with van der Waals surface area (Å²) in [5, 5.41) is 34.6. The SMILES string of the molecule is CN1C=C(N[C@@H]2CCCC[C@H]2O)N=NC1c1ccc2ccccc2c1O. The van der Waals surface area contributed by atoms with Gasteiger partial charge in [0.1, 0.15) is 5.75 Å². The predicted octanol–water partition coefficient (Wildman–Crippen LogP) is 3.63. The van der Waals surface area contributed by atoms with Crippen LogP contribution in [0.2, 0.25) is 0 Å². The van der Waals surface area contributed by atoms with Gasteiger partial charge in [-0.25, -0.2) is 0 Å². The van der Waals surface area contributed by atoms with E-state index in [0.29, 0.717) is 5.82 Å². The molecule has 0 aromatic heterocycles. The lowest BCUT2D eigenvalue weighted by Gasteiger charge is -2.32. The molecule has 6 heteroatoms. The zero-order valence-corrected chi connectivity index (χ0v) is 14.8. The smallest absolute Gasteiger partial charge is 0.171 e. The van der Waals surface area contributed by atoms with Gasteiger partial charge in [0.2, 0.25) is 0 Å². The van der Waals surface area contributed by atoms with E-state index in [2.05, 4.69) is 15.5 Å². The van der Waals surface area contributed by atoms with Crippen molar-refractivity contribution in [2.75, 3.05) is 7.05 Å². The third kappa shape index (κ3) is 3.12. The van der Waals surface area contributed by atoms with Crippen molar-refractivity contribution in [2.24, 2.45) is 10.2 Å². The van der Waals surface area contributed by atoms with E-state index < -0.39 is 0 Å². The van der Waals surface area contributed by atoms with Crippen molar-refractivity contribution in [3.63, 3.8) is 0 Å². The summed E-state index contributed by atoms with van der Waals surface area (Å²) in [4.78, 5) is 1.92. The molecule has 3 atom stereocenters. The molecule has 2 aliphatic rings. The summed E-state index contributed by atoms with van der Waals surface area (Å²) < 4.78 is 0. The Kier molecular flexibility index (Phi) is 4.51. The number of aromatic hydroxyl groups is 1. The van der Waals surface area contributed by atoms with E-state index >= 15 is 0 Å². The molecule has 0 saturated heterocycles. The minimum atomic E-state index is -0.374. The second-order valence-corrected chi connectivity index (χ2v) is 7.10. The Morgan fingerprint density at radius 3 is 2.73 bits per heavy atom. The van der Waals surface area contributed by atoms with Crippen LogP contribution in [-0.2, 0) is 0 Å². The van der Waals surface area contributed by atoms with Gasteiger partial charge in [-0.15, -0.1) is 5.11 Å². The lowest BCUT2D eigenvalue weighted by Crippen LogP contribution is -2.42. The Morgan fingerprint density at radius 2 is 1.92 bits per heavy atom. The van der Waals surface area contributed by atoms with Crippen LogP contribution in [-0.4, -0.2) is 34.3 Å². The minimum Gasteiger partial charge on any atom is -0.507 e. The fourth-order valence-corrected chi connectivity index (χ4v) is 3.79. The molecule has 4 rings (SSSR count). The zero-order chi connectivity index (χ0) is 18.1. The molecule has 1 fully saturated rings. The maximum atomic E-state index is 10.7. The lowest BCUT2D eigenvalue weighted by molar-refractivity contribution is 0.0945. The van der Waals surface area contributed by atoms with Crippen molar-refractivity contribution in [1.29, 1.82) is 0 Å². The predicted molar refractivity (Wildman–Crippen MR) is 100 cm³/mol. The summed E-state index contributed by atoms with van der Waals surface area (Å²) >= 11 is 0. The molecule has 1 aliphatic carbocycles. The van der Waals surface area contributed by atoms with E-state index in [1.807, 2.05) is 54.5 Å². The van der Waals surface area contributed by atoms with Crippen molar-refractivity contribution in [2.45, 2.75) is 44.0 Å². The molecule has 1 aliphatic heterocycles. The summed E-state index contributed by atoms with van der Waals surface area (Å²) in [6, 6.07) is 11.7. The number of nitrogens with zero attached hydrogens (tertiary/aromatic N) is 3. The Labute approximate surface area is 152 Å². The fraction of sp³-hybridized carbons (Fsp3) is 0.400. The normalized spacial score (nSPS) is 26.0. The fourth-order valence-electron chi connectivity index (χ4n) is 3.79. The third-order valence-electron chi connectivity index (χ3n) is 5.26. The molecule has 1 saturated carbocycles. The molecular formula is C20H24N4O2. The van der Waals surface area contributed by atoms with Gasteiger partial charge in [0.05, 0.1) is 12.1 Å². The number of phenolic OH excluding ortho intramolecular Hbond substituents is 1. The number of benzene rings is 2. The standard InChI is InChI=1S/C20H24N4O2/c1-24-12-18(21-16-8-4-5-9-17(16)25)22-23-20(24)15-11-10-13-6-2-3-7-14(13)19(15)26/h2-3,6-7,10-12,16-17,20-21,25-26H,4-5,8-9H2,1H3/t16-,17-,20?/m1/s1. The molecule has 0 spiro atoms. The average Bonchev–Trinajstić information content (AvgIpc) is 2.65. The van der Waals surface area contributed by atoms with E-state index in [9.17, 15) is 10.2 Å². The van der Waals surface area contributed by atoms with Crippen LogP contribution >= 0.6 is 0 Å². The monoisotopic (exact) mass is 352 g/mol. The third-order valence-corrected chi connectivity index (χ3v) is 5.26. The van der Waals surface area contributed by atoms with Crippen LogP contribution < -0.4 is 5.32 Å². The number of hydrogen-bond acceptors (Lipinski definition) is 6. The van der Waals surface area contributed by atoms with Gasteiger partial charge in [-0.3, -0.25) is 0 Å². The van der Waals surface area contributed by atoms with Crippen LogP contribution in [0, 0.1) is 0 Å². The van der Waals surface area contributed by atoms with Crippen LogP contribution in [0.3, 0.4) is 0 Å². The van der Waals surface area contributed by atoms with Crippen LogP contribution in [0.4, 0.5) is 0 Å². The first-order valence-electron chi connectivity index (χ1n) is 9.13. The molecule has 136 valence electrons. The summed E-state index contributed by atoms with van der Waals surface area (Å²) in [5.74, 6) is 0.890. The Bertz CT molecular complexity index is 864. The second kappa shape index (κ2) is 6.96. The van der Waals surface area contributed by atoms with E-state index in [-0.39, 0.29) is 24.1 Å². The summed E-state index contributed by atoms with van der Waals surface area (Å²) in [5.41, 5.74) is 0.725. The van der Waals surface area contributed by atoms with Gasteiger partial charge in [-0.2, -0.15) is 5.11 Å². The van der Waals surface area contributed by atoms with Crippen molar-refractivity contribution in [3.8, 4) is 5.75 Å². The number of aliphatic hydroxyl groups excluding tert-OH is 1. The van der Waals surface area contributed by atoms with Crippen LogP contribution in [0.1, 0.15) is 37.4 Å². The van der Waals surface area contributed by atoms with Crippen molar-refractivity contribution < 1.29 is 10.2 Å². The molecule has 0 amide bonds. The summed E-state index contributed by atoms with van der Waals surface area (Å²) in [6.45, 7) is 0.